The van der Waals surface area contributed by atoms with E-state index in [1.807, 2.05) is 13.0 Å². The van der Waals surface area contributed by atoms with Gasteiger partial charge in [0.15, 0.2) is 0 Å². The maximum atomic E-state index is 9.90. The molecule has 0 aliphatic rings. The van der Waals surface area contributed by atoms with Gasteiger partial charge < -0.3 is 5.11 Å². The molecule has 1 nitrogen and oxygen atoms in total. The van der Waals surface area contributed by atoms with Crippen LogP contribution in [-0.2, 0) is 0 Å². The van der Waals surface area contributed by atoms with E-state index in [0.29, 0.717) is 5.92 Å². The minimum Gasteiger partial charge on any atom is -0.386 e. The van der Waals surface area contributed by atoms with Crippen molar-refractivity contribution in [2.75, 3.05) is 0 Å². The van der Waals surface area contributed by atoms with Crippen molar-refractivity contribution in [2.24, 2.45) is 5.92 Å². The van der Waals surface area contributed by atoms with Crippen molar-refractivity contribution in [3.05, 3.63) is 12.2 Å². The molecule has 78 valence electrons. The van der Waals surface area contributed by atoms with Crippen molar-refractivity contribution in [1.82, 2.24) is 0 Å². The monoisotopic (exact) mass is 184 g/mol. The van der Waals surface area contributed by atoms with Crippen molar-refractivity contribution in [1.29, 1.82) is 0 Å². The van der Waals surface area contributed by atoms with Crippen molar-refractivity contribution in [3.63, 3.8) is 0 Å². The summed E-state index contributed by atoms with van der Waals surface area (Å²) in [7, 11) is 0. The Labute approximate surface area is 82.9 Å². The number of aliphatic hydroxyl groups is 1. The van der Waals surface area contributed by atoms with Gasteiger partial charge in [-0.3, -0.25) is 0 Å². The molecular weight excluding hydrogens is 160 g/mol. The van der Waals surface area contributed by atoms with Gasteiger partial charge in [-0.1, -0.05) is 45.8 Å². The Bertz CT molecular complexity index is 145. The zero-order valence-corrected chi connectivity index (χ0v) is 9.51. The van der Waals surface area contributed by atoms with Crippen LogP contribution in [0.25, 0.3) is 0 Å². The first-order valence-electron chi connectivity index (χ1n) is 5.38. The Morgan fingerprint density at radius 2 is 2.00 bits per heavy atom. The molecule has 0 aliphatic carbocycles. The molecule has 1 heteroatoms. The van der Waals surface area contributed by atoms with Gasteiger partial charge in [-0.15, -0.1) is 0 Å². The van der Waals surface area contributed by atoms with Crippen LogP contribution in [0.2, 0.25) is 0 Å². The van der Waals surface area contributed by atoms with E-state index in [0.717, 1.165) is 12.8 Å². The summed E-state index contributed by atoms with van der Waals surface area (Å²) in [5.41, 5.74) is -0.609. The molecule has 0 heterocycles. The molecule has 0 saturated carbocycles. The lowest BCUT2D eigenvalue weighted by atomic mass is 9.93. The summed E-state index contributed by atoms with van der Waals surface area (Å²) in [6.07, 6.45) is 8.42. The van der Waals surface area contributed by atoms with Gasteiger partial charge in [-0.05, 0) is 25.7 Å². The molecule has 1 N–H and O–H groups in total. The number of unbranched alkanes of at least 4 members (excludes halogenated alkanes) is 2. The van der Waals surface area contributed by atoms with Crippen LogP contribution in [0.4, 0.5) is 0 Å². The number of rotatable bonds is 6. The standard InChI is InChI=1S/C12H24O/c1-5-6-7-8-9-12(4,13)10-11(2)3/h8-9,11,13H,5-7,10H2,1-4H3/b9-8+. The molecule has 0 aromatic rings. The van der Waals surface area contributed by atoms with Crippen LogP contribution in [-0.4, -0.2) is 10.7 Å². The quantitative estimate of drug-likeness (QED) is 0.494. The number of hydrogen-bond donors (Lipinski definition) is 1. The van der Waals surface area contributed by atoms with E-state index in [2.05, 4.69) is 26.8 Å². The third kappa shape index (κ3) is 8.04. The lowest BCUT2D eigenvalue weighted by molar-refractivity contribution is 0.0873. The SMILES string of the molecule is CCCC/C=C/C(C)(O)CC(C)C. The van der Waals surface area contributed by atoms with Crippen LogP contribution in [0.3, 0.4) is 0 Å². The molecule has 0 aromatic heterocycles. The molecule has 0 saturated heterocycles. The zero-order chi connectivity index (χ0) is 10.3. The lowest BCUT2D eigenvalue weighted by Gasteiger charge is -2.21. The maximum absolute atomic E-state index is 9.90. The summed E-state index contributed by atoms with van der Waals surface area (Å²) < 4.78 is 0. The predicted octanol–water partition coefficient (Wildman–Crippen LogP) is 3.53. The van der Waals surface area contributed by atoms with Crippen molar-refractivity contribution < 1.29 is 5.11 Å². The summed E-state index contributed by atoms with van der Waals surface area (Å²) in [5, 5.41) is 9.90. The largest absolute Gasteiger partial charge is 0.386 e. The van der Waals surface area contributed by atoms with Crippen LogP contribution < -0.4 is 0 Å². The molecule has 0 bridgehead atoms. The van der Waals surface area contributed by atoms with Crippen LogP contribution in [0.1, 0.15) is 53.4 Å². The molecule has 0 spiro atoms. The third-order valence-corrected chi connectivity index (χ3v) is 2.02. The summed E-state index contributed by atoms with van der Waals surface area (Å²) in [6.45, 7) is 8.33. The molecule has 0 amide bonds. The Hall–Kier alpha value is -0.300. The van der Waals surface area contributed by atoms with Gasteiger partial charge in [0.25, 0.3) is 0 Å². The van der Waals surface area contributed by atoms with Crippen molar-refractivity contribution >= 4 is 0 Å². The van der Waals surface area contributed by atoms with E-state index >= 15 is 0 Å². The molecule has 1 unspecified atom stereocenters. The van der Waals surface area contributed by atoms with E-state index < -0.39 is 5.60 Å². The summed E-state index contributed by atoms with van der Waals surface area (Å²) in [4.78, 5) is 0. The van der Waals surface area contributed by atoms with Gasteiger partial charge in [0, 0.05) is 0 Å². The summed E-state index contributed by atoms with van der Waals surface area (Å²) in [5.74, 6) is 0.547. The van der Waals surface area contributed by atoms with E-state index in [9.17, 15) is 5.11 Å². The minimum atomic E-state index is -0.609. The smallest absolute Gasteiger partial charge is 0.0802 e. The topological polar surface area (TPSA) is 20.2 Å². The molecular formula is C12H24O. The van der Waals surface area contributed by atoms with Gasteiger partial charge in [-0.2, -0.15) is 0 Å². The average molecular weight is 184 g/mol. The molecule has 13 heavy (non-hydrogen) atoms. The predicted molar refractivity (Wildman–Crippen MR) is 58.7 cm³/mol. The van der Waals surface area contributed by atoms with Gasteiger partial charge in [0.05, 0.1) is 5.60 Å². The summed E-state index contributed by atoms with van der Waals surface area (Å²) in [6, 6.07) is 0. The van der Waals surface area contributed by atoms with E-state index in [1.165, 1.54) is 12.8 Å². The highest BCUT2D eigenvalue weighted by Crippen LogP contribution is 2.17. The van der Waals surface area contributed by atoms with E-state index in [4.69, 9.17) is 0 Å². The normalized spacial score (nSPS) is 16.8. The molecule has 0 radical (unpaired) electrons. The van der Waals surface area contributed by atoms with Gasteiger partial charge in [0.2, 0.25) is 0 Å². The first-order chi connectivity index (χ1) is 5.98. The zero-order valence-electron chi connectivity index (χ0n) is 9.51. The van der Waals surface area contributed by atoms with Crippen molar-refractivity contribution in [2.45, 2.75) is 59.0 Å². The van der Waals surface area contributed by atoms with Gasteiger partial charge in [-0.25, -0.2) is 0 Å². The van der Waals surface area contributed by atoms with E-state index in [-0.39, 0.29) is 0 Å². The Balaban J connectivity index is 3.79. The highest BCUT2D eigenvalue weighted by molar-refractivity contribution is 4.98. The Kier molecular flexibility index (Phi) is 6.06. The Morgan fingerprint density at radius 3 is 2.46 bits per heavy atom. The second-order valence-corrected chi connectivity index (χ2v) is 4.50. The fourth-order valence-electron chi connectivity index (χ4n) is 1.55. The number of allylic oxidation sites excluding steroid dienone is 1. The fraction of sp³-hybridized carbons (Fsp3) is 0.833. The molecule has 0 fully saturated rings. The van der Waals surface area contributed by atoms with Crippen LogP contribution >= 0.6 is 0 Å². The lowest BCUT2D eigenvalue weighted by Crippen LogP contribution is -2.22. The maximum Gasteiger partial charge on any atom is 0.0802 e. The van der Waals surface area contributed by atoms with Crippen LogP contribution in [0.5, 0.6) is 0 Å². The first kappa shape index (κ1) is 12.7. The van der Waals surface area contributed by atoms with Crippen molar-refractivity contribution in [3.8, 4) is 0 Å². The second-order valence-electron chi connectivity index (χ2n) is 4.50. The Morgan fingerprint density at radius 1 is 1.38 bits per heavy atom. The highest BCUT2D eigenvalue weighted by Gasteiger charge is 2.17. The van der Waals surface area contributed by atoms with Gasteiger partial charge in [0.1, 0.15) is 0 Å². The highest BCUT2D eigenvalue weighted by atomic mass is 16.3. The third-order valence-electron chi connectivity index (χ3n) is 2.02. The van der Waals surface area contributed by atoms with E-state index in [1.54, 1.807) is 0 Å². The summed E-state index contributed by atoms with van der Waals surface area (Å²) >= 11 is 0. The van der Waals surface area contributed by atoms with Gasteiger partial charge >= 0.3 is 0 Å². The molecule has 1 atom stereocenters. The van der Waals surface area contributed by atoms with Crippen LogP contribution in [0.15, 0.2) is 12.2 Å². The molecule has 0 rings (SSSR count). The van der Waals surface area contributed by atoms with Crippen LogP contribution in [0, 0.1) is 5.92 Å². The number of hydrogen-bond acceptors (Lipinski definition) is 1. The average Bonchev–Trinajstić information content (AvgIpc) is 1.95. The second kappa shape index (κ2) is 6.20. The minimum absolute atomic E-state index is 0.547. The fourth-order valence-corrected chi connectivity index (χ4v) is 1.55. The molecule has 0 aromatic carbocycles. The first-order valence-corrected chi connectivity index (χ1v) is 5.38. The molecule has 0 aliphatic heterocycles.